The molecule has 8 heteroatoms. The minimum atomic E-state index is -0.446. The number of carbonyl (C=O) groups excluding carboxylic acids is 2. The second kappa shape index (κ2) is 13.0. The Balaban J connectivity index is 0.00000363. The van der Waals surface area contributed by atoms with Gasteiger partial charge in [-0.25, -0.2) is 4.99 Å². The van der Waals surface area contributed by atoms with E-state index in [9.17, 15) is 9.59 Å². The molecule has 32 heavy (non-hydrogen) atoms. The van der Waals surface area contributed by atoms with E-state index in [1.807, 2.05) is 36.1 Å². The maximum absolute atomic E-state index is 12.4. The highest BCUT2D eigenvalue weighted by Crippen LogP contribution is 2.17. The zero-order valence-corrected chi connectivity index (χ0v) is 20.8. The fraction of sp³-hybridized carbons (Fsp3) is 0.375. The Morgan fingerprint density at radius 3 is 2.59 bits per heavy atom. The van der Waals surface area contributed by atoms with E-state index in [1.165, 1.54) is 5.56 Å². The van der Waals surface area contributed by atoms with Crippen molar-refractivity contribution in [3.8, 4) is 0 Å². The normalized spacial score (nSPS) is 15.9. The molecule has 0 spiro atoms. The van der Waals surface area contributed by atoms with Crippen LogP contribution in [0.25, 0.3) is 0 Å². The number of primary amides is 1. The highest BCUT2D eigenvalue weighted by molar-refractivity contribution is 14.0. The number of aliphatic imine (C=N–C) groups is 1. The molecule has 2 aromatic rings. The van der Waals surface area contributed by atoms with Gasteiger partial charge >= 0.3 is 0 Å². The van der Waals surface area contributed by atoms with Crippen molar-refractivity contribution in [2.24, 2.45) is 16.6 Å². The minimum absolute atomic E-state index is 0. The minimum Gasteiger partial charge on any atom is -0.366 e. The Morgan fingerprint density at radius 1 is 1.12 bits per heavy atom. The highest BCUT2D eigenvalue weighted by atomic mass is 127. The van der Waals surface area contributed by atoms with Crippen molar-refractivity contribution in [2.45, 2.75) is 26.3 Å². The maximum atomic E-state index is 12.4. The first-order valence-electron chi connectivity index (χ1n) is 10.8. The molecular formula is C24H32IN5O2. The number of likely N-dealkylation sites (tertiary alicyclic amines) is 1. The molecule has 1 fully saturated rings. The SMILES string of the molecule is CCNC(=NCc1cccc(C(N)=O)c1)NCC1CC(=O)N(CCc2ccccc2)C1.I. The predicted octanol–water partition coefficient (Wildman–Crippen LogP) is 2.55. The monoisotopic (exact) mass is 549 g/mol. The lowest BCUT2D eigenvalue weighted by molar-refractivity contribution is -0.127. The predicted molar refractivity (Wildman–Crippen MR) is 138 cm³/mol. The third kappa shape index (κ3) is 7.81. The maximum Gasteiger partial charge on any atom is 0.248 e. The molecular weight excluding hydrogens is 517 g/mol. The number of nitrogens with zero attached hydrogens (tertiary/aromatic N) is 2. The van der Waals surface area contributed by atoms with E-state index in [0.29, 0.717) is 31.0 Å². The van der Waals surface area contributed by atoms with Gasteiger partial charge in [-0.05, 0) is 36.6 Å². The Morgan fingerprint density at radius 2 is 1.88 bits per heavy atom. The largest absolute Gasteiger partial charge is 0.366 e. The summed E-state index contributed by atoms with van der Waals surface area (Å²) in [6.07, 6.45) is 1.43. The van der Waals surface area contributed by atoms with E-state index in [4.69, 9.17) is 5.73 Å². The van der Waals surface area contributed by atoms with E-state index in [1.54, 1.807) is 18.2 Å². The standard InChI is InChI=1S/C24H31N5O2.HI/c1-2-26-24(27-15-19-9-6-10-21(13-19)23(25)31)28-16-20-14-22(30)29(17-20)12-11-18-7-4-3-5-8-18;/h3-10,13,20H,2,11-12,14-17H2,1H3,(H2,25,31)(H2,26,27,28);1H. The number of nitrogens with one attached hydrogen (secondary N) is 2. The van der Waals surface area contributed by atoms with Gasteiger partial charge in [0.25, 0.3) is 0 Å². The average Bonchev–Trinajstić information content (AvgIpc) is 3.14. The van der Waals surface area contributed by atoms with Crippen LogP contribution in [0.3, 0.4) is 0 Å². The Hall–Kier alpha value is -2.62. The molecule has 2 amide bonds. The molecule has 172 valence electrons. The topological polar surface area (TPSA) is 99.8 Å². The quantitative estimate of drug-likeness (QED) is 0.254. The highest BCUT2D eigenvalue weighted by Gasteiger charge is 2.29. The summed E-state index contributed by atoms with van der Waals surface area (Å²) in [6, 6.07) is 17.4. The molecule has 0 aliphatic carbocycles. The molecule has 4 N–H and O–H groups in total. The van der Waals surface area contributed by atoms with Gasteiger partial charge in [0.1, 0.15) is 0 Å². The number of guanidine groups is 1. The Bertz CT molecular complexity index is 920. The number of nitrogens with two attached hydrogens (primary N) is 1. The number of benzene rings is 2. The van der Waals surface area contributed by atoms with Crippen LogP contribution in [0, 0.1) is 5.92 Å². The number of hydrogen-bond donors (Lipinski definition) is 3. The molecule has 1 saturated heterocycles. The van der Waals surface area contributed by atoms with Gasteiger partial charge in [0, 0.05) is 44.1 Å². The van der Waals surface area contributed by atoms with E-state index in [2.05, 4.69) is 27.8 Å². The van der Waals surface area contributed by atoms with Crippen molar-refractivity contribution in [3.05, 3.63) is 71.3 Å². The molecule has 2 aromatic carbocycles. The molecule has 3 rings (SSSR count). The third-order valence-electron chi connectivity index (χ3n) is 5.34. The van der Waals surface area contributed by atoms with Gasteiger partial charge in [0.05, 0.1) is 6.54 Å². The summed E-state index contributed by atoms with van der Waals surface area (Å²) in [5.41, 5.74) is 7.99. The Kier molecular flexibility index (Phi) is 10.5. The van der Waals surface area contributed by atoms with Crippen LogP contribution < -0.4 is 16.4 Å². The van der Waals surface area contributed by atoms with Gasteiger partial charge in [-0.2, -0.15) is 0 Å². The van der Waals surface area contributed by atoms with E-state index < -0.39 is 5.91 Å². The van der Waals surface area contributed by atoms with Crippen LogP contribution in [-0.2, 0) is 17.8 Å². The first kappa shape index (κ1) is 25.6. The first-order valence-corrected chi connectivity index (χ1v) is 10.8. The van der Waals surface area contributed by atoms with Gasteiger partial charge in [-0.1, -0.05) is 42.5 Å². The van der Waals surface area contributed by atoms with Crippen molar-refractivity contribution in [1.82, 2.24) is 15.5 Å². The molecule has 0 aromatic heterocycles. The van der Waals surface area contributed by atoms with Crippen LogP contribution >= 0.6 is 24.0 Å². The van der Waals surface area contributed by atoms with Crippen molar-refractivity contribution in [3.63, 3.8) is 0 Å². The van der Waals surface area contributed by atoms with Crippen molar-refractivity contribution >= 4 is 41.8 Å². The molecule has 1 heterocycles. The molecule has 1 unspecified atom stereocenters. The number of rotatable bonds is 9. The lowest BCUT2D eigenvalue weighted by Crippen LogP contribution is -2.40. The molecule has 0 radical (unpaired) electrons. The fourth-order valence-electron chi connectivity index (χ4n) is 3.69. The first-order chi connectivity index (χ1) is 15.0. The van der Waals surface area contributed by atoms with E-state index >= 15 is 0 Å². The molecule has 1 aliphatic heterocycles. The van der Waals surface area contributed by atoms with Gasteiger partial charge in [0.2, 0.25) is 11.8 Å². The van der Waals surface area contributed by atoms with E-state index in [0.717, 1.165) is 31.6 Å². The fourth-order valence-corrected chi connectivity index (χ4v) is 3.69. The van der Waals surface area contributed by atoms with Crippen LogP contribution in [-0.4, -0.2) is 48.9 Å². The summed E-state index contributed by atoms with van der Waals surface area (Å²) < 4.78 is 0. The molecule has 0 saturated carbocycles. The summed E-state index contributed by atoms with van der Waals surface area (Å²) in [7, 11) is 0. The Labute approximate surface area is 206 Å². The number of carbonyl (C=O) groups is 2. The summed E-state index contributed by atoms with van der Waals surface area (Å²) in [5, 5.41) is 6.59. The third-order valence-corrected chi connectivity index (χ3v) is 5.34. The van der Waals surface area contributed by atoms with Crippen LogP contribution in [0.5, 0.6) is 0 Å². The summed E-state index contributed by atoms with van der Waals surface area (Å²) in [4.78, 5) is 30.3. The second-order valence-corrected chi connectivity index (χ2v) is 7.79. The van der Waals surface area contributed by atoms with Gasteiger partial charge in [-0.3, -0.25) is 9.59 Å². The molecule has 0 bridgehead atoms. The molecule has 7 nitrogen and oxygen atoms in total. The second-order valence-electron chi connectivity index (χ2n) is 7.79. The summed E-state index contributed by atoms with van der Waals surface area (Å²) in [6.45, 7) is 5.38. The van der Waals surface area contributed by atoms with Crippen molar-refractivity contribution in [1.29, 1.82) is 0 Å². The van der Waals surface area contributed by atoms with Crippen LogP contribution in [0.2, 0.25) is 0 Å². The van der Waals surface area contributed by atoms with Gasteiger partial charge < -0.3 is 21.3 Å². The lowest BCUT2D eigenvalue weighted by Gasteiger charge is -2.18. The molecule has 1 atom stereocenters. The van der Waals surface area contributed by atoms with Crippen molar-refractivity contribution in [2.75, 3.05) is 26.2 Å². The van der Waals surface area contributed by atoms with Crippen LogP contribution in [0.1, 0.15) is 34.8 Å². The lowest BCUT2D eigenvalue weighted by atomic mass is 10.1. The van der Waals surface area contributed by atoms with Crippen LogP contribution in [0.15, 0.2) is 59.6 Å². The van der Waals surface area contributed by atoms with Gasteiger partial charge in [-0.15, -0.1) is 24.0 Å². The average molecular weight is 549 g/mol. The number of hydrogen-bond acceptors (Lipinski definition) is 3. The van der Waals surface area contributed by atoms with Gasteiger partial charge in [0.15, 0.2) is 5.96 Å². The number of amides is 2. The zero-order valence-electron chi connectivity index (χ0n) is 18.4. The smallest absolute Gasteiger partial charge is 0.248 e. The van der Waals surface area contributed by atoms with Crippen molar-refractivity contribution < 1.29 is 9.59 Å². The summed E-state index contributed by atoms with van der Waals surface area (Å²) >= 11 is 0. The summed E-state index contributed by atoms with van der Waals surface area (Å²) in [5.74, 6) is 0.721. The number of halogens is 1. The van der Waals surface area contributed by atoms with E-state index in [-0.39, 0.29) is 35.8 Å². The zero-order chi connectivity index (χ0) is 22.1. The van der Waals surface area contributed by atoms with Crippen LogP contribution in [0.4, 0.5) is 0 Å². The molecule has 1 aliphatic rings.